The lowest BCUT2D eigenvalue weighted by molar-refractivity contribution is 0.00529. The quantitative estimate of drug-likeness (QED) is 0.354. The lowest BCUT2D eigenvalue weighted by Crippen LogP contribution is -2.28. The molecule has 0 aromatic rings. The van der Waals surface area contributed by atoms with Gasteiger partial charge in [-0.3, -0.25) is 0 Å². The fourth-order valence-electron chi connectivity index (χ4n) is 5.22. The van der Waals surface area contributed by atoms with Gasteiger partial charge in [0.25, 0.3) is 0 Å². The number of unbranched alkanes of at least 4 members (excludes halogenated alkanes) is 5. The molecule has 0 atom stereocenters. The van der Waals surface area contributed by atoms with Crippen LogP contribution in [0, 0.1) is 17.8 Å². The summed E-state index contributed by atoms with van der Waals surface area (Å²) < 4.78 is 6.17. The van der Waals surface area contributed by atoms with Gasteiger partial charge in [0.05, 0.1) is 6.10 Å². The molecule has 0 aromatic heterocycles. The monoisotopic (exact) mass is 336 g/mol. The molecule has 0 aromatic carbocycles. The highest BCUT2D eigenvalue weighted by Gasteiger charge is 2.30. The largest absolute Gasteiger partial charge is 0.378 e. The van der Waals surface area contributed by atoms with E-state index < -0.39 is 0 Å². The fourth-order valence-corrected chi connectivity index (χ4v) is 5.22. The van der Waals surface area contributed by atoms with Gasteiger partial charge < -0.3 is 4.74 Å². The van der Waals surface area contributed by atoms with Crippen molar-refractivity contribution in [2.75, 3.05) is 6.61 Å². The third kappa shape index (κ3) is 7.46. The molecule has 0 radical (unpaired) electrons. The average Bonchev–Trinajstić information content (AvgIpc) is 2.62. The molecule has 0 unspecified atom stereocenters. The van der Waals surface area contributed by atoms with E-state index in [1.807, 2.05) is 0 Å². The van der Waals surface area contributed by atoms with Gasteiger partial charge in [0.1, 0.15) is 0 Å². The fraction of sp³-hybridized carbons (Fsp3) is 1.00. The molecule has 2 saturated carbocycles. The Morgan fingerprint density at radius 1 is 0.625 bits per heavy atom. The van der Waals surface area contributed by atoms with Crippen LogP contribution in [0.25, 0.3) is 0 Å². The van der Waals surface area contributed by atoms with E-state index >= 15 is 0 Å². The Hall–Kier alpha value is -0.0400. The summed E-state index contributed by atoms with van der Waals surface area (Å²) in [6.07, 6.45) is 23.4. The molecule has 2 fully saturated rings. The molecule has 2 aliphatic rings. The molecule has 1 heteroatoms. The maximum Gasteiger partial charge on any atom is 0.0575 e. The summed E-state index contributed by atoms with van der Waals surface area (Å²) in [6.45, 7) is 5.65. The summed E-state index contributed by atoms with van der Waals surface area (Å²) in [4.78, 5) is 0. The molecule has 142 valence electrons. The number of ether oxygens (including phenoxy) is 1. The van der Waals surface area contributed by atoms with E-state index in [2.05, 4.69) is 13.8 Å². The van der Waals surface area contributed by atoms with Crippen molar-refractivity contribution < 1.29 is 4.74 Å². The van der Waals surface area contributed by atoms with E-state index in [-0.39, 0.29) is 0 Å². The molecule has 0 saturated heterocycles. The minimum atomic E-state index is 0.591. The second-order valence-electron chi connectivity index (χ2n) is 8.74. The van der Waals surface area contributed by atoms with Crippen LogP contribution >= 0.6 is 0 Å². The van der Waals surface area contributed by atoms with Crippen molar-refractivity contribution in [1.82, 2.24) is 0 Å². The maximum absolute atomic E-state index is 6.17. The van der Waals surface area contributed by atoms with E-state index in [9.17, 15) is 0 Å². The van der Waals surface area contributed by atoms with Crippen LogP contribution < -0.4 is 0 Å². The van der Waals surface area contributed by atoms with Crippen LogP contribution in [0.1, 0.15) is 117 Å². The summed E-state index contributed by atoms with van der Waals surface area (Å²) in [5, 5.41) is 0. The zero-order chi connectivity index (χ0) is 17.0. The van der Waals surface area contributed by atoms with Gasteiger partial charge in [-0.25, -0.2) is 0 Å². The smallest absolute Gasteiger partial charge is 0.0575 e. The van der Waals surface area contributed by atoms with Crippen LogP contribution in [0.5, 0.6) is 0 Å². The normalized spacial score (nSPS) is 31.2. The van der Waals surface area contributed by atoms with Crippen LogP contribution in [-0.4, -0.2) is 12.7 Å². The molecular weight excluding hydrogens is 292 g/mol. The van der Waals surface area contributed by atoms with Crippen molar-refractivity contribution >= 4 is 0 Å². The molecule has 0 N–H and O–H groups in total. The van der Waals surface area contributed by atoms with Crippen molar-refractivity contribution in [1.29, 1.82) is 0 Å². The predicted octanol–water partition coefficient (Wildman–Crippen LogP) is 7.53. The molecule has 0 spiro atoms. The van der Waals surface area contributed by atoms with Gasteiger partial charge in [-0.2, -0.15) is 0 Å². The van der Waals surface area contributed by atoms with Gasteiger partial charge in [0.2, 0.25) is 0 Å². The van der Waals surface area contributed by atoms with Gasteiger partial charge in [-0.1, -0.05) is 71.6 Å². The van der Waals surface area contributed by atoms with Crippen LogP contribution in [-0.2, 0) is 4.74 Å². The van der Waals surface area contributed by atoms with Crippen LogP contribution in [0.2, 0.25) is 0 Å². The lowest BCUT2D eigenvalue weighted by Gasteiger charge is -2.37. The molecular formula is C23H44O. The first kappa shape index (κ1) is 20.3. The van der Waals surface area contributed by atoms with Gasteiger partial charge >= 0.3 is 0 Å². The van der Waals surface area contributed by atoms with E-state index in [1.165, 1.54) is 103 Å². The summed E-state index contributed by atoms with van der Waals surface area (Å²) in [6, 6.07) is 0. The van der Waals surface area contributed by atoms with Gasteiger partial charge in [-0.05, 0) is 62.7 Å². The predicted molar refractivity (Wildman–Crippen MR) is 105 cm³/mol. The Labute approximate surface area is 152 Å². The maximum atomic E-state index is 6.17. The molecule has 1 nitrogen and oxygen atoms in total. The number of hydrogen-bond acceptors (Lipinski definition) is 1. The summed E-state index contributed by atoms with van der Waals surface area (Å²) >= 11 is 0. The highest BCUT2D eigenvalue weighted by Crippen LogP contribution is 2.41. The Morgan fingerprint density at radius 3 is 1.83 bits per heavy atom. The Morgan fingerprint density at radius 2 is 1.21 bits per heavy atom. The van der Waals surface area contributed by atoms with Gasteiger partial charge in [-0.15, -0.1) is 0 Å². The minimum Gasteiger partial charge on any atom is -0.378 e. The molecule has 24 heavy (non-hydrogen) atoms. The number of rotatable bonds is 11. The molecule has 2 rings (SSSR count). The highest BCUT2D eigenvalue weighted by molar-refractivity contribution is 4.82. The second-order valence-corrected chi connectivity index (χ2v) is 8.74. The zero-order valence-electron chi connectivity index (χ0n) is 16.7. The lowest BCUT2D eigenvalue weighted by atomic mass is 9.70. The van der Waals surface area contributed by atoms with Crippen LogP contribution in [0.4, 0.5) is 0 Å². The second kappa shape index (κ2) is 12.3. The Bertz CT molecular complexity index is 284. The standard InChI is InChI=1S/C23H44O/c1-3-5-6-7-8-9-19-24-23-17-15-22(16-18-23)21-13-11-20(10-4-2)12-14-21/h20-23H,3-19H2,1-2H3/t20?,21?,22-,23-. The average molecular weight is 337 g/mol. The third-order valence-corrected chi connectivity index (χ3v) is 6.83. The van der Waals surface area contributed by atoms with Crippen LogP contribution in [0.15, 0.2) is 0 Å². The van der Waals surface area contributed by atoms with Crippen molar-refractivity contribution in [3.8, 4) is 0 Å². The summed E-state index contributed by atoms with van der Waals surface area (Å²) in [5.74, 6) is 3.14. The van der Waals surface area contributed by atoms with Crippen molar-refractivity contribution in [2.24, 2.45) is 17.8 Å². The van der Waals surface area contributed by atoms with E-state index in [0.717, 1.165) is 24.4 Å². The van der Waals surface area contributed by atoms with Gasteiger partial charge in [0, 0.05) is 6.61 Å². The zero-order valence-corrected chi connectivity index (χ0v) is 16.7. The van der Waals surface area contributed by atoms with Crippen molar-refractivity contribution in [2.45, 2.75) is 123 Å². The summed E-state index contributed by atoms with van der Waals surface area (Å²) in [7, 11) is 0. The SMILES string of the molecule is CCCCCCCCO[C@H]1CC[C@H](C2CCC(CCC)CC2)CC1. The van der Waals surface area contributed by atoms with E-state index in [1.54, 1.807) is 0 Å². The first-order chi connectivity index (χ1) is 11.8. The van der Waals surface area contributed by atoms with Crippen LogP contribution in [0.3, 0.4) is 0 Å². The topological polar surface area (TPSA) is 9.23 Å². The molecule has 0 amide bonds. The van der Waals surface area contributed by atoms with Crippen molar-refractivity contribution in [3.63, 3.8) is 0 Å². The Balaban J connectivity index is 1.49. The van der Waals surface area contributed by atoms with E-state index in [4.69, 9.17) is 4.74 Å². The van der Waals surface area contributed by atoms with Crippen molar-refractivity contribution in [3.05, 3.63) is 0 Å². The molecule has 0 aliphatic heterocycles. The minimum absolute atomic E-state index is 0.591. The number of hydrogen-bond donors (Lipinski definition) is 0. The molecule has 0 bridgehead atoms. The van der Waals surface area contributed by atoms with Gasteiger partial charge in [0.15, 0.2) is 0 Å². The Kier molecular flexibility index (Phi) is 10.4. The highest BCUT2D eigenvalue weighted by atomic mass is 16.5. The van der Waals surface area contributed by atoms with E-state index in [0.29, 0.717) is 6.10 Å². The first-order valence-corrected chi connectivity index (χ1v) is 11.4. The first-order valence-electron chi connectivity index (χ1n) is 11.4. The molecule has 0 heterocycles. The third-order valence-electron chi connectivity index (χ3n) is 6.83. The summed E-state index contributed by atoms with van der Waals surface area (Å²) in [5.41, 5.74) is 0. The molecule has 2 aliphatic carbocycles.